The van der Waals surface area contributed by atoms with Crippen LogP contribution in [-0.2, 0) is 0 Å². The van der Waals surface area contributed by atoms with Gasteiger partial charge < -0.3 is 0 Å². The topological polar surface area (TPSA) is 0 Å². The monoisotopic (exact) mass is 188 g/mol. The third-order valence-electron chi connectivity index (χ3n) is 0.995. The fourth-order valence-corrected chi connectivity index (χ4v) is 1.14. The quantitative estimate of drug-likeness (QED) is 0.592. The first kappa shape index (κ1) is 8.96. The lowest BCUT2D eigenvalue weighted by Gasteiger charge is -1.91. The lowest BCUT2D eigenvalue weighted by atomic mass is 10.3. The summed E-state index contributed by atoms with van der Waals surface area (Å²) in [6.45, 7) is 5.80. The molecule has 0 bridgehead atoms. The molecule has 0 fully saturated rings. The van der Waals surface area contributed by atoms with Crippen molar-refractivity contribution in [1.29, 1.82) is 0 Å². The smallest absolute Gasteiger partial charge is 0.00862 e. The summed E-state index contributed by atoms with van der Waals surface area (Å²) in [7, 11) is 0. The Kier molecular flexibility index (Phi) is 6.06. The predicted octanol–water partition coefficient (Wildman–Crippen LogP) is 3.64. The van der Waals surface area contributed by atoms with E-state index in [2.05, 4.69) is 35.5 Å². The first-order valence-electron chi connectivity index (χ1n) is 3.26. The Balaban J connectivity index is 3.42. The Morgan fingerprint density at radius 3 is 2.78 bits per heavy atom. The van der Waals surface area contributed by atoms with Crippen LogP contribution >= 0.6 is 15.9 Å². The van der Waals surface area contributed by atoms with Gasteiger partial charge in [0, 0.05) is 0 Å². The van der Waals surface area contributed by atoms with Crippen molar-refractivity contribution >= 4 is 15.9 Å². The van der Waals surface area contributed by atoms with E-state index < -0.39 is 0 Å². The van der Waals surface area contributed by atoms with Gasteiger partial charge in [-0.05, 0) is 17.3 Å². The summed E-state index contributed by atoms with van der Waals surface area (Å²) in [5.41, 5.74) is 0. The second-order valence-electron chi connectivity index (χ2n) is 1.93. The zero-order valence-electron chi connectivity index (χ0n) is 5.86. The molecule has 1 heteroatoms. The van der Waals surface area contributed by atoms with Gasteiger partial charge in [0.15, 0.2) is 0 Å². The molecule has 0 nitrogen and oxygen atoms in total. The second-order valence-corrected chi connectivity index (χ2v) is 2.94. The average molecular weight is 189 g/mol. The summed E-state index contributed by atoms with van der Waals surface area (Å²) in [5.74, 6) is 0. The van der Waals surface area contributed by atoms with Gasteiger partial charge >= 0.3 is 0 Å². The summed E-state index contributed by atoms with van der Waals surface area (Å²) in [6, 6.07) is 0. The number of halogens is 1. The molecule has 9 heavy (non-hydrogen) atoms. The molecule has 0 heterocycles. The molecule has 0 unspecified atom stereocenters. The molecule has 52 valence electrons. The van der Waals surface area contributed by atoms with Gasteiger partial charge in [-0.25, -0.2) is 0 Å². The van der Waals surface area contributed by atoms with Crippen molar-refractivity contribution in [3.05, 3.63) is 23.2 Å². The third-order valence-corrected chi connectivity index (χ3v) is 1.72. The molecule has 0 saturated heterocycles. The van der Waals surface area contributed by atoms with E-state index in [0.717, 1.165) is 12.8 Å². The Morgan fingerprint density at radius 1 is 1.67 bits per heavy atom. The van der Waals surface area contributed by atoms with E-state index in [4.69, 9.17) is 0 Å². The van der Waals surface area contributed by atoms with E-state index in [9.17, 15) is 0 Å². The van der Waals surface area contributed by atoms with Crippen molar-refractivity contribution < 1.29 is 0 Å². The second kappa shape index (κ2) is 6.09. The normalized spacial score (nSPS) is 11.6. The molecule has 0 aliphatic rings. The van der Waals surface area contributed by atoms with Crippen LogP contribution in [0.2, 0.25) is 0 Å². The molecule has 0 atom stereocenters. The van der Waals surface area contributed by atoms with Crippen LogP contribution in [0.15, 0.2) is 23.2 Å². The summed E-state index contributed by atoms with van der Waals surface area (Å²) < 4.78 is 1.30. The highest BCUT2D eigenvalue weighted by atomic mass is 79.9. The lowest BCUT2D eigenvalue weighted by Crippen LogP contribution is -1.69. The fraction of sp³-hybridized carbons (Fsp3) is 0.500. The van der Waals surface area contributed by atoms with E-state index in [1.54, 1.807) is 0 Å². The van der Waals surface area contributed by atoms with Crippen molar-refractivity contribution in [2.75, 3.05) is 0 Å². The van der Waals surface area contributed by atoms with Gasteiger partial charge in [0.25, 0.3) is 0 Å². The molecule has 0 amide bonds. The SMILES string of the molecule is C=CC/C=C(/Br)CCC. The third kappa shape index (κ3) is 5.84. The van der Waals surface area contributed by atoms with Gasteiger partial charge in [0.05, 0.1) is 0 Å². The Morgan fingerprint density at radius 2 is 2.33 bits per heavy atom. The van der Waals surface area contributed by atoms with Gasteiger partial charge in [-0.2, -0.15) is 0 Å². The zero-order chi connectivity index (χ0) is 7.11. The van der Waals surface area contributed by atoms with Gasteiger partial charge in [-0.3, -0.25) is 0 Å². The van der Waals surface area contributed by atoms with Gasteiger partial charge in [-0.15, -0.1) is 6.58 Å². The molecule has 0 aliphatic carbocycles. The molecule has 0 aliphatic heterocycles. The van der Waals surface area contributed by atoms with E-state index in [1.807, 2.05) is 6.08 Å². The molecule has 0 aromatic heterocycles. The molecular formula is C8H13Br. The highest BCUT2D eigenvalue weighted by Gasteiger charge is 1.85. The maximum atomic E-state index is 3.63. The summed E-state index contributed by atoms with van der Waals surface area (Å²) in [4.78, 5) is 0. The number of rotatable bonds is 4. The Hall–Kier alpha value is -0.0400. The molecule has 0 aromatic rings. The first-order valence-corrected chi connectivity index (χ1v) is 4.06. The first-order chi connectivity index (χ1) is 4.31. The molecular weight excluding hydrogens is 176 g/mol. The number of hydrogen-bond donors (Lipinski definition) is 0. The van der Waals surface area contributed by atoms with Crippen LogP contribution in [0.5, 0.6) is 0 Å². The predicted molar refractivity (Wildman–Crippen MR) is 46.7 cm³/mol. The average Bonchev–Trinajstić information content (AvgIpc) is 1.85. The van der Waals surface area contributed by atoms with E-state index >= 15 is 0 Å². The van der Waals surface area contributed by atoms with Crippen LogP contribution in [0.25, 0.3) is 0 Å². The minimum Gasteiger partial charge on any atom is -0.103 e. The molecule has 0 N–H and O–H groups in total. The van der Waals surface area contributed by atoms with E-state index in [1.165, 1.54) is 10.9 Å². The zero-order valence-corrected chi connectivity index (χ0v) is 7.45. The number of allylic oxidation sites excluding steroid dienone is 3. The van der Waals surface area contributed by atoms with E-state index in [-0.39, 0.29) is 0 Å². The summed E-state index contributed by atoms with van der Waals surface area (Å²) in [6.07, 6.45) is 7.37. The van der Waals surface area contributed by atoms with Gasteiger partial charge in [-0.1, -0.05) is 41.4 Å². The molecule has 0 aromatic carbocycles. The van der Waals surface area contributed by atoms with Crippen molar-refractivity contribution in [2.24, 2.45) is 0 Å². The van der Waals surface area contributed by atoms with Gasteiger partial charge in [0.2, 0.25) is 0 Å². The van der Waals surface area contributed by atoms with Crippen LogP contribution < -0.4 is 0 Å². The highest BCUT2D eigenvalue weighted by Crippen LogP contribution is 2.12. The standard InChI is InChI=1S/C8H13Br/c1-3-5-7-8(9)6-4-2/h3,7H,1,4-6H2,2H3/b8-7+. The molecule has 0 spiro atoms. The Labute approximate surface area is 65.8 Å². The van der Waals surface area contributed by atoms with Gasteiger partial charge in [0.1, 0.15) is 0 Å². The van der Waals surface area contributed by atoms with Crippen molar-refractivity contribution in [3.63, 3.8) is 0 Å². The minimum absolute atomic E-state index is 0.973. The molecule has 0 rings (SSSR count). The van der Waals surface area contributed by atoms with Crippen LogP contribution in [0, 0.1) is 0 Å². The minimum atomic E-state index is 0.973. The van der Waals surface area contributed by atoms with Crippen molar-refractivity contribution in [1.82, 2.24) is 0 Å². The largest absolute Gasteiger partial charge is 0.103 e. The van der Waals surface area contributed by atoms with Crippen LogP contribution in [0.4, 0.5) is 0 Å². The van der Waals surface area contributed by atoms with E-state index in [0.29, 0.717) is 0 Å². The highest BCUT2D eigenvalue weighted by molar-refractivity contribution is 9.11. The summed E-state index contributed by atoms with van der Waals surface area (Å²) >= 11 is 3.45. The summed E-state index contributed by atoms with van der Waals surface area (Å²) in [5, 5.41) is 0. The Bertz CT molecular complexity index is 103. The van der Waals surface area contributed by atoms with Crippen LogP contribution in [0.1, 0.15) is 26.2 Å². The number of hydrogen-bond acceptors (Lipinski definition) is 0. The maximum Gasteiger partial charge on any atom is -0.00862 e. The fourth-order valence-electron chi connectivity index (χ4n) is 0.552. The van der Waals surface area contributed by atoms with Crippen LogP contribution in [0.3, 0.4) is 0 Å². The van der Waals surface area contributed by atoms with Crippen LogP contribution in [-0.4, -0.2) is 0 Å². The van der Waals surface area contributed by atoms with Crippen molar-refractivity contribution in [3.8, 4) is 0 Å². The lowest BCUT2D eigenvalue weighted by molar-refractivity contribution is 0.946. The molecule has 0 saturated carbocycles. The molecule has 0 radical (unpaired) electrons. The van der Waals surface area contributed by atoms with Crippen molar-refractivity contribution in [2.45, 2.75) is 26.2 Å². The maximum absolute atomic E-state index is 3.63.